The predicted octanol–water partition coefficient (Wildman–Crippen LogP) is 28.6. The number of halogens is 1. The van der Waals surface area contributed by atoms with Gasteiger partial charge in [0, 0.05) is 53.9 Å². The van der Waals surface area contributed by atoms with Crippen molar-refractivity contribution in [2.45, 2.75) is 13.8 Å². The first-order valence-electron chi connectivity index (χ1n) is 36.1. The summed E-state index contributed by atoms with van der Waals surface area (Å²) in [4.78, 5) is 0. The molecule has 3 aromatic heterocycles. The lowest BCUT2D eigenvalue weighted by molar-refractivity contribution is 1.18. The van der Waals surface area contributed by atoms with Gasteiger partial charge in [0.2, 0.25) is 0 Å². The summed E-state index contributed by atoms with van der Waals surface area (Å²) < 4.78 is 8.33. The monoisotopic (exact) mass is 1420 g/mol. The van der Waals surface area contributed by atoms with Crippen LogP contribution >= 0.6 is 15.9 Å². The Kier molecular flexibility index (Phi) is 16.0. The minimum atomic E-state index is 0. The van der Waals surface area contributed by atoms with Gasteiger partial charge in [0.1, 0.15) is 0 Å². The largest absolute Gasteiger partial charge is 0.309 e. The molecule has 0 unspecified atom stereocenters. The van der Waals surface area contributed by atoms with Crippen molar-refractivity contribution in [3.8, 4) is 72.7 Å². The highest BCUT2D eigenvalue weighted by Crippen LogP contribution is 2.44. The molecule has 0 aliphatic heterocycles. The van der Waals surface area contributed by atoms with E-state index >= 15 is 0 Å². The van der Waals surface area contributed by atoms with Gasteiger partial charge in [0.05, 0.1) is 33.1 Å². The van der Waals surface area contributed by atoms with Gasteiger partial charge in [0.15, 0.2) is 0 Å². The highest BCUT2D eigenvalue weighted by molar-refractivity contribution is 9.10. The second-order valence-corrected chi connectivity index (χ2v) is 28.5. The van der Waals surface area contributed by atoms with Crippen molar-refractivity contribution in [2.75, 3.05) is 0 Å². The van der Waals surface area contributed by atoms with Crippen molar-refractivity contribution in [3.63, 3.8) is 0 Å². The molecule has 0 saturated carbocycles. The summed E-state index contributed by atoms with van der Waals surface area (Å²) in [6.45, 7) is 0. The quantitative estimate of drug-likeness (QED) is 0.141. The van der Waals surface area contributed by atoms with Gasteiger partial charge in [-0.25, -0.2) is 0 Å². The number of hydrogen-bond donors (Lipinski definition) is 0. The van der Waals surface area contributed by atoms with Crippen LogP contribution in [0.5, 0.6) is 0 Å². The third-order valence-corrected chi connectivity index (χ3v) is 22.1. The maximum atomic E-state index is 3.57. The van der Waals surface area contributed by atoms with Crippen LogP contribution in [0.4, 0.5) is 0 Å². The van der Waals surface area contributed by atoms with Crippen LogP contribution in [0.2, 0.25) is 0 Å². The molecule has 0 saturated heterocycles. The number of aromatic nitrogens is 3. The number of hydrogen-bond acceptors (Lipinski definition) is 0. The van der Waals surface area contributed by atoms with E-state index in [-0.39, 0.29) is 7.43 Å². The van der Waals surface area contributed by atoms with Crippen molar-refractivity contribution in [1.29, 1.82) is 0 Å². The van der Waals surface area contributed by atoms with E-state index in [1.54, 1.807) is 0 Å². The van der Waals surface area contributed by atoms with Gasteiger partial charge >= 0.3 is 0 Å². The molecule has 0 spiro atoms. The van der Waals surface area contributed by atoms with Gasteiger partial charge in [-0.3, -0.25) is 0 Å². The van der Waals surface area contributed by atoms with Gasteiger partial charge in [-0.15, -0.1) is 0 Å². The topological polar surface area (TPSA) is 14.8 Å². The number of fused-ring (bicyclic) bond motifs is 18. The van der Waals surface area contributed by atoms with Crippen molar-refractivity contribution in [2.24, 2.45) is 0 Å². The third-order valence-electron chi connectivity index (χ3n) is 21.6. The smallest absolute Gasteiger partial charge is 0.0547 e. The number of benzene rings is 18. The number of rotatable bonds is 7. The molecule has 1 aliphatic carbocycles. The molecule has 0 N–H and O–H groups in total. The molecule has 106 heavy (non-hydrogen) atoms. The van der Waals surface area contributed by atoms with Crippen LogP contribution in [0, 0.1) is 0 Å². The first kappa shape index (κ1) is 63.8. The molecule has 0 radical (unpaired) electrons. The third kappa shape index (κ3) is 11.0. The zero-order valence-electron chi connectivity index (χ0n) is 57.4. The fourth-order valence-corrected chi connectivity index (χ4v) is 17.2. The molecule has 0 fully saturated rings. The summed E-state index contributed by atoms with van der Waals surface area (Å²) in [6, 6.07) is 141. The summed E-state index contributed by atoms with van der Waals surface area (Å²) >= 11 is 3.57. The van der Waals surface area contributed by atoms with Crippen LogP contribution < -0.4 is 0 Å². The summed E-state index contributed by atoms with van der Waals surface area (Å²) in [5.74, 6) is 0. The van der Waals surface area contributed by atoms with E-state index in [4.69, 9.17) is 0 Å². The van der Waals surface area contributed by atoms with E-state index in [2.05, 4.69) is 418 Å². The molecular weight excluding hydrogens is 1350 g/mol. The van der Waals surface area contributed by atoms with Gasteiger partial charge in [-0.1, -0.05) is 315 Å². The molecule has 0 bridgehead atoms. The van der Waals surface area contributed by atoms with Crippen molar-refractivity contribution in [3.05, 3.63) is 404 Å². The fourth-order valence-electron chi connectivity index (χ4n) is 16.8. The van der Waals surface area contributed by atoms with Crippen LogP contribution in [0.1, 0.15) is 18.6 Å². The zero-order chi connectivity index (χ0) is 69.5. The normalized spacial score (nSPS) is 11.7. The lowest BCUT2D eigenvalue weighted by atomic mass is 9.93. The second kappa shape index (κ2) is 26.6. The first-order chi connectivity index (χ1) is 52.0. The minimum absolute atomic E-state index is 0. The number of nitrogens with zero attached hydrogens (tertiary/aromatic N) is 3. The Morgan fingerprint density at radius 1 is 0.189 bits per heavy atom. The Morgan fingerprint density at radius 2 is 0.538 bits per heavy atom. The molecule has 0 atom stereocenters. The average molecular weight is 1420 g/mol. The molecule has 3 heterocycles. The summed E-state index contributed by atoms with van der Waals surface area (Å²) in [7, 11) is 0. The summed E-state index contributed by atoms with van der Waals surface area (Å²) in [6.07, 6.45) is 1.02. The molecule has 0 amide bonds. The molecular formula is C102H70BrN3. The van der Waals surface area contributed by atoms with Crippen LogP contribution in [0.15, 0.2) is 393 Å². The van der Waals surface area contributed by atoms with Gasteiger partial charge in [0.25, 0.3) is 0 Å². The lowest BCUT2D eigenvalue weighted by Gasteiger charge is -2.14. The summed E-state index contributed by atoms with van der Waals surface area (Å²) in [5.41, 5.74) is 26.4. The fraction of sp³-hybridized carbons (Fsp3) is 0.0196. The Hall–Kier alpha value is -13.1. The van der Waals surface area contributed by atoms with Gasteiger partial charge < -0.3 is 13.7 Å². The minimum Gasteiger partial charge on any atom is -0.309 e. The number of para-hydroxylation sites is 5. The molecule has 22 rings (SSSR count). The Labute approximate surface area is 624 Å². The predicted molar refractivity (Wildman–Crippen MR) is 457 cm³/mol. The van der Waals surface area contributed by atoms with E-state index < -0.39 is 0 Å². The molecule has 4 heteroatoms. The van der Waals surface area contributed by atoms with E-state index in [1.807, 2.05) is 0 Å². The van der Waals surface area contributed by atoms with Crippen LogP contribution in [-0.2, 0) is 6.42 Å². The Morgan fingerprint density at radius 3 is 1.03 bits per heavy atom. The Balaban J connectivity index is 0.000000121. The second-order valence-electron chi connectivity index (χ2n) is 27.6. The maximum Gasteiger partial charge on any atom is 0.0547 e. The standard InChI is InChI=1S/C50H32N2.C31H21N.C20H13Br.CH4/c1-2-15-37(16-3-1)51-47-23-10-8-21-42(47)44-27-25-33(31-49(44)51)34-26-28-45-43-22-9-11-24-48(43)52(50(45)32-34)38-17-12-14-35(29-38)46-30-36-13-4-5-18-39(36)40-19-6-7-20-41(40)46;1-2-9-25(10-3-1)32-30-13-7-6-12-28(30)29-17-15-22(20-31(29)32)21-14-16-27-24(18-21)19-23-8-4-5-11-26(23)27;21-16-8-5-7-14(12-16)20-13-15-6-1-2-9-17(15)18-10-3-4-11-19(18)20;/h1-32H;1-18,20H,19H2;1-13H;1H4. The van der Waals surface area contributed by atoms with Crippen LogP contribution in [0.3, 0.4) is 0 Å². The summed E-state index contributed by atoms with van der Waals surface area (Å²) in [5, 5.41) is 17.9. The Bertz CT molecular complexity index is 7010. The van der Waals surface area contributed by atoms with Gasteiger partial charge in [-0.2, -0.15) is 0 Å². The average Bonchev–Trinajstić information content (AvgIpc) is 1.59. The van der Waals surface area contributed by atoms with E-state index in [1.165, 1.54) is 187 Å². The van der Waals surface area contributed by atoms with Gasteiger partial charge in [-0.05, 0) is 213 Å². The van der Waals surface area contributed by atoms with Crippen molar-refractivity contribution >= 4 is 124 Å². The van der Waals surface area contributed by atoms with E-state index in [9.17, 15) is 0 Å². The van der Waals surface area contributed by atoms with Crippen molar-refractivity contribution in [1.82, 2.24) is 13.7 Å². The highest BCUT2D eigenvalue weighted by Gasteiger charge is 2.22. The SMILES string of the molecule is Brc1cccc(-c2cc3ccccc3c3ccccc23)c1.C.c1ccc(-n2c3ccccc3c3ccc(-c4ccc5c(c4)Cc4ccccc4-5)cc32)cc1.c1ccc(-n2c3ccccc3c3ccc(-c4ccc5c6ccccc6n(-c6cccc(-c7cc8ccccc8c8ccccc78)c6)c5c4)cc32)cc1. The van der Waals surface area contributed by atoms with Crippen LogP contribution in [0.25, 0.3) is 181 Å². The van der Waals surface area contributed by atoms with E-state index in [0.29, 0.717) is 0 Å². The van der Waals surface area contributed by atoms with E-state index in [0.717, 1.165) is 16.6 Å². The molecule has 500 valence electrons. The molecule has 3 nitrogen and oxygen atoms in total. The molecule has 1 aliphatic rings. The lowest BCUT2D eigenvalue weighted by Crippen LogP contribution is -1.95. The molecule has 18 aromatic carbocycles. The first-order valence-corrected chi connectivity index (χ1v) is 36.9. The highest BCUT2D eigenvalue weighted by atomic mass is 79.9. The van der Waals surface area contributed by atoms with Crippen molar-refractivity contribution < 1.29 is 0 Å². The zero-order valence-corrected chi connectivity index (χ0v) is 59.0. The maximum absolute atomic E-state index is 3.57. The molecule has 21 aromatic rings. The van der Waals surface area contributed by atoms with Crippen LogP contribution in [-0.4, -0.2) is 13.7 Å².